The summed E-state index contributed by atoms with van der Waals surface area (Å²) < 4.78 is 26.3. The van der Waals surface area contributed by atoms with E-state index < -0.39 is 30.4 Å². The fourth-order valence-corrected chi connectivity index (χ4v) is 3.17. The number of rotatable bonds is 14. The minimum Gasteiger partial charge on any atom is -0.480 e. The van der Waals surface area contributed by atoms with Crippen molar-refractivity contribution in [2.24, 2.45) is 16.7 Å². The van der Waals surface area contributed by atoms with Crippen molar-refractivity contribution in [3.05, 3.63) is 23.8 Å². The summed E-state index contributed by atoms with van der Waals surface area (Å²) in [6, 6.07) is 3.29. The predicted octanol–water partition coefficient (Wildman–Crippen LogP) is 5.76. The van der Waals surface area contributed by atoms with Gasteiger partial charge in [-0.25, -0.2) is 9.59 Å². The first kappa shape index (κ1) is 35.7. The van der Waals surface area contributed by atoms with Crippen molar-refractivity contribution in [1.82, 2.24) is 5.32 Å². The molecule has 1 aromatic carbocycles. The van der Waals surface area contributed by atoms with E-state index in [0.717, 1.165) is 6.42 Å². The molecule has 0 amide bonds. The van der Waals surface area contributed by atoms with Gasteiger partial charge in [-0.2, -0.15) is 0 Å². The lowest BCUT2D eigenvalue weighted by Crippen LogP contribution is -2.42. The average Bonchev–Trinajstić information content (AvgIpc) is 2.84. The van der Waals surface area contributed by atoms with Gasteiger partial charge in [-0.15, -0.1) is 0 Å². The van der Waals surface area contributed by atoms with Crippen molar-refractivity contribution in [3.8, 4) is 11.5 Å². The zero-order chi connectivity index (χ0) is 31.4. The summed E-state index contributed by atoms with van der Waals surface area (Å²) in [7, 11) is 0. The lowest BCUT2D eigenvalue weighted by atomic mass is 9.99. The van der Waals surface area contributed by atoms with Gasteiger partial charge in [-0.05, 0) is 47.8 Å². The van der Waals surface area contributed by atoms with E-state index in [0.29, 0.717) is 12.0 Å². The van der Waals surface area contributed by atoms with Crippen LogP contribution in [0.5, 0.6) is 11.5 Å². The van der Waals surface area contributed by atoms with Gasteiger partial charge in [-0.1, -0.05) is 67.9 Å². The molecule has 41 heavy (non-hydrogen) atoms. The minimum absolute atomic E-state index is 0.00891. The van der Waals surface area contributed by atoms with Crippen molar-refractivity contribution in [3.63, 3.8) is 0 Å². The van der Waals surface area contributed by atoms with E-state index in [1.165, 1.54) is 12.1 Å². The van der Waals surface area contributed by atoms with Crippen LogP contribution in [0, 0.1) is 16.7 Å². The topological polar surface area (TPSA) is 147 Å². The molecule has 0 saturated carbocycles. The first-order valence-corrected chi connectivity index (χ1v) is 13.9. The van der Waals surface area contributed by atoms with Crippen molar-refractivity contribution in [2.45, 2.75) is 93.7 Å². The Labute approximate surface area is 243 Å². The summed E-state index contributed by atoms with van der Waals surface area (Å²) in [4.78, 5) is 48.7. The van der Waals surface area contributed by atoms with Gasteiger partial charge >= 0.3 is 24.2 Å². The van der Waals surface area contributed by atoms with E-state index in [-0.39, 0.29) is 60.4 Å². The number of carbonyl (C=O) groups is 4. The first-order valence-electron chi connectivity index (χ1n) is 13.9. The first-order chi connectivity index (χ1) is 18.9. The number of ether oxygens (including phenoxy) is 5. The maximum Gasteiger partial charge on any atom is 0.513 e. The summed E-state index contributed by atoms with van der Waals surface area (Å²) in [5, 5.41) is 12.7. The Bertz CT molecular complexity index is 1030. The van der Waals surface area contributed by atoms with Crippen LogP contribution < -0.4 is 14.8 Å². The van der Waals surface area contributed by atoms with E-state index >= 15 is 0 Å². The molecule has 0 fully saturated rings. The number of hydrogen-bond donors (Lipinski definition) is 2. The molecule has 0 heterocycles. The SMILES string of the molecule is CCC(C)CC(=O)OC(C)CN[C@@H](Cc1ccc(OC(=O)OCC(C)(C)C)c(OC(=O)OCC(C)(C)C)c1)C(=O)O. The Morgan fingerprint density at radius 3 is 1.90 bits per heavy atom. The molecule has 0 saturated heterocycles. The zero-order valence-corrected chi connectivity index (χ0v) is 25.8. The number of hydrogen-bond acceptors (Lipinski definition) is 10. The van der Waals surface area contributed by atoms with Crippen molar-refractivity contribution in [2.75, 3.05) is 19.8 Å². The molecule has 3 atom stereocenters. The second kappa shape index (κ2) is 16.2. The largest absolute Gasteiger partial charge is 0.513 e. The molecule has 0 spiro atoms. The summed E-state index contributed by atoms with van der Waals surface area (Å²) >= 11 is 0. The van der Waals surface area contributed by atoms with E-state index in [4.69, 9.17) is 23.7 Å². The number of carbonyl (C=O) groups excluding carboxylic acids is 3. The number of carboxylic acids is 1. The van der Waals surface area contributed by atoms with E-state index in [2.05, 4.69) is 5.32 Å². The van der Waals surface area contributed by atoms with E-state index in [1.54, 1.807) is 13.0 Å². The maximum absolute atomic E-state index is 12.4. The normalized spacial score (nSPS) is 13.9. The molecule has 2 N–H and O–H groups in total. The minimum atomic E-state index is -1.12. The van der Waals surface area contributed by atoms with Crippen LogP contribution in [0.4, 0.5) is 9.59 Å². The standard InChI is InChI=1S/C30H47NO10/c1-10-19(2)13-25(32)39-20(3)16-31-22(26(33)34)14-21-11-12-23(40-27(35)37-17-29(4,5)6)24(15-21)41-28(36)38-18-30(7,8)9/h11-12,15,19-20,22,31H,10,13-14,16-18H2,1-9H3,(H,33,34)/t19?,20?,22-/m0/s1. The quantitative estimate of drug-likeness (QED) is 0.157. The molecule has 1 aromatic rings. The molecule has 0 aliphatic rings. The Morgan fingerprint density at radius 1 is 0.878 bits per heavy atom. The van der Waals surface area contributed by atoms with Crippen LogP contribution in [0.25, 0.3) is 0 Å². The number of aliphatic carboxylic acids is 1. The monoisotopic (exact) mass is 581 g/mol. The molecule has 232 valence electrons. The highest BCUT2D eigenvalue weighted by atomic mass is 16.7. The van der Waals surface area contributed by atoms with Gasteiger partial charge in [0.2, 0.25) is 0 Å². The van der Waals surface area contributed by atoms with Crippen LogP contribution in [-0.2, 0) is 30.2 Å². The van der Waals surface area contributed by atoms with Crippen molar-refractivity contribution in [1.29, 1.82) is 0 Å². The molecule has 11 heteroatoms. The van der Waals surface area contributed by atoms with Crippen molar-refractivity contribution >= 4 is 24.2 Å². The number of carboxylic acid groups (broad SMARTS) is 1. The van der Waals surface area contributed by atoms with Gasteiger partial charge in [0.25, 0.3) is 0 Å². The van der Waals surface area contributed by atoms with Crippen LogP contribution in [0.1, 0.15) is 80.7 Å². The smallest absolute Gasteiger partial charge is 0.480 e. The number of esters is 1. The molecule has 1 rings (SSSR count). The molecular weight excluding hydrogens is 534 g/mol. The Balaban J connectivity index is 3.02. The third-order valence-electron chi connectivity index (χ3n) is 5.58. The van der Waals surface area contributed by atoms with Crippen LogP contribution in [-0.4, -0.2) is 61.3 Å². The third-order valence-corrected chi connectivity index (χ3v) is 5.58. The molecule has 0 aliphatic heterocycles. The fraction of sp³-hybridized carbons (Fsp3) is 0.667. The molecule has 0 radical (unpaired) electrons. The van der Waals surface area contributed by atoms with Gasteiger partial charge in [0.05, 0.1) is 13.2 Å². The van der Waals surface area contributed by atoms with Gasteiger partial charge in [0.15, 0.2) is 11.5 Å². The summed E-state index contributed by atoms with van der Waals surface area (Å²) in [6.07, 6.45) is -1.40. The lowest BCUT2D eigenvalue weighted by molar-refractivity contribution is -0.149. The molecule has 0 bridgehead atoms. The molecule has 2 unspecified atom stereocenters. The Morgan fingerprint density at radius 2 is 1.41 bits per heavy atom. The highest BCUT2D eigenvalue weighted by Gasteiger charge is 2.24. The van der Waals surface area contributed by atoms with Crippen LogP contribution in [0.3, 0.4) is 0 Å². The maximum atomic E-state index is 12.4. The van der Waals surface area contributed by atoms with Gasteiger partial charge < -0.3 is 34.1 Å². The molecule has 11 nitrogen and oxygen atoms in total. The highest BCUT2D eigenvalue weighted by molar-refractivity contribution is 5.74. The van der Waals surface area contributed by atoms with E-state index in [1.807, 2.05) is 55.4 Å². The van der Waals surface area contributed by atoms with Gasteiger partial charge in [-0.3, -0.25) is 9.59 Å². The molecule has 0 aromatic heterocycles. The molecular formula is C30H47NO10. The Hall–Kier alpha value is -3.34. The second-order valence-corrected chi connectivity index (χ2v) is 12.7. The second-order valence-electron chi connectivity index (χ2n) is 12.7. The Kier molecular flexibility index (Phi) is 14.1. The lowest BCUT2D eigenvalue weighted by Gasteiger charge is -2.20. The van der Waals surface area contributed by atoms with Crippen LogP contribution in [0.15, 0.2) is 18.2 Å². The summed E-state index contributed by atoms with van der Waals surface area (Å²) in [5.41, 5.74) is -0.126. The number of benzene rings is 1. The molecule has 0 aliphatic carbocycles. The highest BCUT2D eigenvalue weighted by Crippen LogP contribution is 2.30. The predicted molar refractivity (Wildman–Crippen MR) is 152 cm³/mol. The van der Waals surface area contributed by atoms with Crippen LogP contribution in [0.2, 0.25) is 0 Å². The zero-order valence-electron chi connectivity index (χ0n) is 25.8. The van der Waals surface area contributed by atoms with Crippen LogP contribution >= 0.6 is 0 Å². The average molecular weight is 582 g/mol. The third kappa shape index (κ3) is 15.9. The van der Waals surface area contributed by atoms with E-state index in [9.17, 15) is 24.3 Å². The fourth-order valence-electron chi connectivity index (χ4n) is 3.17. The van der Waals surface area contributed by atoms with Gasteiger partial charge in [0.1, 0.15) is 12.1 Å². The summed E-state index contributed by atoms with van der Waals surface area (Å²) in [5.74, 6) is -1.49. The number of nitrogens with one attached hydrogen (secondary N) is 1. The van der Waals surface area contributed by atoms with Crippen molar-refractivity contribution < 1.29 is 48.0 Å². The summed E-state index contributed by atoms with van der Waals surface area (Å²) in [6.45, 7) is 17.2. The van der Waals surface area contributed by atoms with Gasteiger partial charge in [0, 0.05) is 13.0 Å².